The van der Waals surface area contributed by atoms with Crippen LogP contribution in [0.15, 0.2) is 42.5 Å². The van der Waals surface area contributed by atoms with Gasteiger partial charge in [0, 0.05) is 17.2 Å². The van der Waals surface area contributed by atoms with Crippen molar-refractivity contribution in [2.24, 2.45) is 11.5 Å². The minimum atomic E-state index is -0.486. The van der Waals surface area contributed by atoms with Crippen molar-refractivity contribution in [2.45, 2.75) is 0 Å². The van der Waals surface area contributed by atoms with Gasteiger partial charge in [-0.15, -0.1) is 0 Å². The largest absolute Gasteiger partial charge is 0.457 e. The second-order valence-corrected chi connectivity index (χ2v) is 4.84. The molecule has 0 aliphatic rings. The number of hydrogen-bond acceptors (Lipinski definition) is 3. The van der Waals surface area contributed by atoms with E-state index >= 15 is 0 Å². The molecule has 0 aliphatic heterocycles. The van der Waals surface area contributed by atoms with Gasteiger partial charge in [0.15, 0.2) is 0 Å². The van der Waals surface area contributed by atoms with E-state index in [1.54, 1.807) is 42.5 Å². The second kappa shape index (κ2) is 5.90. The zero-order valence-electron chi connectivity index (χ0n) is 10.3. The zero-order valence-corrected chi connectivity index (χ0v) is 11.9. The molecule has 0 bridgehead atoms. The molecule has 0 saturated heterocycles. The van der Waals surface area contributed by atoms with Gasteiger partial charge in [0.1, 0.15) is 16.5 Å². The van der Waals surface area contributed by atoms with Crippen LogP contribution in [0, 0.1) is 0 Å². The summed E-state index contributed by atoms with van der Waals surface area (Å²) in [7, 11) is 0. The molecule has 2 rings (SSSR count). The minimum Gasteiger partial charge on any atom is -0.457 e. The van der Waals surface area contributed by atoms with Gasteiger partial charge in [-0.05, 0) is 36.4 Å². The summed E-state index contributed by atoms with van der Waals surface area (Å²) in [6.45, 7) is 0. The summed E-state index contributed by atoms with van der Waals surface area (Å²) in [5.74, 6) is 0.622. The fourth-order valence-electron chi connectivity index (χ4n) is 1.58. The molecule has 20 heavy (non-hydrogen) atoms. The average Bonchev–Trinajstić information content (AvgIpc) is 2.39. The third-order valence-corrected chi connectivity index (χ3v) is 3.11. The van der Waals surface area contributed by atoms with Crippen LogP contribution in [0.25, 0.3) is 0 Å². The van der Waals surface area contributed by atoms with Crippen molar-refractivity contribution >= 4 is 34.7 Å². The molecule has 0 spiro atoms. The molecule has 0 aromatic heterocycles. The number of carbonyl (C=O) groups is 1. The van der Waals surface area contributed by atoms with E-state index in [0.717, 1.165) is 0 Å². The van der Waals surface area contributed by atoms with E-state index in [4.69, 9.17) is 40.0 Å². The van der Waals surface area contributed by atoms with Gasteiger partial charge in [-0.25, -0.2) is 0 Å². The van der Waals surface area contributed by atoms with Crippen molar-refractivity contribution in [3.8, 4) is 11.5 Å². The Kier molecular flexibility index (Phi) is 4.22. The molecular formula is C14H11ClN2O2S. The fraction of sp³-hybridized carbons (Fsp3) is 0. The topological polar surface area (TPSA) is 78.3 Å². The lowest BCUT2D eigenvalue weighted by Crippen LogP contribution is -2.10. The lowest BCUT2D eigenvalue weighted by molar-refractivity contribution is 0.100. The maximum atomic E-state index is 11.0. The first-order valence-corrected chi connectivity index (χ1v) is 6.43. The van der Waals surface area contributed by atoms with Crippen LogP contribution < -0.4 is 16.2 Å². The summed E-state index contributed by atoms with van der Waals surface area (Å²) in [5, 5.41) is 0.420. The van der Waals surface area contributed by atoms with Gasteiger partial charge in [-0.3, -0.25) is 4.79 Å². The molecule has 2 aromatic carbocycles. The van der Waals surface area contributed by atoms with Crippen molar-refractivity contribution < 1.29 is 9.53 Å². The van der Waals surface area contributed by atoms with Gasteiger partial charge >= 0.3 is 0 Å². The molecule has 102 valence electrons. The summed E-state index contributed by atoms with van der Waals surface area (Å²) in [6.07, 6.45) is 0. The number of ether oxygens (including phenoxy) is 1. The van der Waals surface area contributed by atoms with Crippen LogP contribution >= 0.6 is 23.8 Å². The highest BCUT2D eigenvalue weighted by molar-refractivity contribution is 7.80. The zero-order chi connectivity index (χ0) is 14.7. The number of carbonyl (C=O) groups excluding carboxylic acids is 1. The first kappa shape index (κ1) is 14.3. The minimum absolute atomic E-state index is 0.229. The number of primary amides is 1. The van der Waals surface area contributed by atoms with Crippen LogP contribution in [0.4, 0.5) is 0 Å². The van der Waals surface area contributed by atoms with Crippen LogP contribution in [0.2, 0.25) is 5.02 Å². The van der Waals surface area contributed by atoms with Crippen LogP contribution in [0.5, 0.6) is 11.5 Å². The first-order chi connectivity index (χ1) is 9.47. The third-order valence-electron chi connectivity index (χ3n) is 2.58. The van der Waals surface area contributed by atoms with Crippen molar-refractivity contribution in [1.82, 2.24) is 0 Å². The molecule has 0 unspecified atom stereocenters. The van der Waals surface area contributed by atoms with E-state index in [0.29, 0.717) is 27.6 Å². The Morgan fingerprint density at radius 3 is 2.15 bits per heavy atom. The van der Waals surface area contributed by atoms with E-state index in [-0.39, 0.29) is 4.99 Å². The molecule has 4 N–H and O–H groups in total. The number of thiocarbonyl (C=S) groups is 1. The van der Waals surface area contributed by atoms with Crippen LogP contribution in [0.1, 0.15) is 15.9 Å². The summed E-state index contributed by atoms with van der Waals surface area (Å²) < 4.78 is 5.61. The quantitative estimate of drug-likeness (QED) is 0.851. The maximum Gasteiger partial charge on any atom is 0.248 e. The Morgan fingerprint density at radius 2 is 1.65 bits per heavy atom. The average molecular weight is 307 g/mol. The van der Waals surface area contributed by atoms with Gasteiger partial charge in [0.05, 0.1) is 5.02 Å². The molecule has 0 heterocycles. The summed E-state index contributed by atoms with van der Waals surface area (Å²) >= 11 is 10.9. The lowest BCUT2D eigenvalue weighted by atomic mass is 10.2. The maximum absolute atomic E-state index is 11.0. The standard InChI is InChI=1S/C14H11ClN2O2S/c15-12-7-10(5-6-11(12)14(17)20)19-9-3-1-8(2-4-9)13(16)18/h1-7H,(H2,16,18)(H2,17,20). The fourth-order valence-corrected chi connectivity index (χ4v) is 2.09. The van der Waals surface area contributed by atoms with Gasteiger partial charge in [0.25, 0.3) is 0 Å². The molecule has 0 saturated carbocycles. The van der Waals surface area contributed by atoms with E-state index < -0.39 is 5.91 Å². The number of amides is 1. The molecular weight excluding hydrogens is 296 g/mol. The molecule has 0 fully saturated rings. The molecule has 0 aliphatic carbocycles. The van der Waals surface area contributed by atoms with Crippen LogP contribution in [0.3, 0.4) is 0 Å². The van der Waals surface area contributed by atoms with E-state index in [1.807, 2.05) is 0 Å². The van der Waals surface area contributed by atoms with Crippen molar-refractivity contribution in [1.29, 1.82) is 0 Å². The summed E-state index contributed by atoms with van der Waals surface area (Å²) in [5.41, 5.74) is 11.7. The monoisotopic (exact) mass is 306 g/mol. The molecule has 4 nitrogen and oxygen atoms in total. The summed E-state index contributed by atoms with van der Waals surface area (Å²) in [4.78, 5) is 11.2. The Labute approximate surface area is 126 Å². The molecule has 0 atom stereocenters. The molecule has 1 amide bonds. The van der Waals surface area contributed by atoms with E-state index in [1.165, 1.54) is 0 Å². The Balaban J connectivity index is 2.19. The second-order valence-electron chi connectivity index (χ2n) is 4.00. The van der Waals surface area contributed by atoms with Gasteiger partial charge in [-0.2, -0.15) is 0 Å². The van der Waals surface area contributed by atoms with Gasteiger partial charge in [0.2, 0.25) is 5.91 Å². The summed E-state index contributed by atoms with van der Waals surface area (Å²) in [6, 6.07) is 11.5. The molecule has 2 aromatic rings. The Morgan fingerprint density at radius 1 is 1.05 bits per heavy atom. The van der Waals surface area contributed by atoms with E-state index in [2.05, 4.69) is 0 Å². The predicted octanol–water partition coefficient (Wildman–Crippen LogP) is 2.87. The van der Waals surface area contributed by atoms with Crippen LogP contribution in [-0.2, 0) is 0 Å². The first-order valence-electron chi connectivity index (χ1n) is 5.64. The smallest absolute Gasteiger partial charge is 0.248 e. The Hall–Kier alpha value is -2.11. The van der Waals surface area contributed by atoms with Crippen molar-refractivity contribution in [2.75, 3.05) is 0 Å². The Bertz CT molecular complexity index is 671. The number of halogens is 1. The van der Waals surface area contributed by atoms with Gasteiger partial charge < -0.3 is 16.2 Å². The third kappa shape index (κ3) is 3.26. The van der Waals surface area contributed by atoms with Crippen LogP contribution in [-0.4, -0.2) is 10.9 Å². The SMILES string of the molecule is NC(=O)c1ccc(Oc2ccc(C(N)=S)c(Cl)c2)cc1. The number of nitrogens with two attached hydrogens (primary N) is 2. The highest BCUT2D eigenvalue weighted by Gasteiger charge is 2.06. The molecule has 0 radical (unpaired) electrons. The highest BCUT2D eigenvalue weighted by Crippen LogP contribution is 2.27. The number of benzene rings is 2. The number of rotatable bonds is 4. The molecule has 6 heteroatoms. The van der Waals surface area contributed by atoms with Crippen molar-refractivity contribution in [3.05, 3.63) is 58.6 Å². The van der Waals surface area contributed by atoms with Gasteiger partial charge in [-0.1, -0.05) is 23.8 Å². The predicted molar refractivity (Wildman–Crippen MR) is 82.4 cm³/mol. The highest BCUT2D eigenvalue weighted by atomic mass is 35.5. The van der Waals surface area contributed by atoms with E-state index in [9.17, 15) is 4.79 Å². The van der Waals surface area contributed by atoms with Crippen molar-refractivity contribution in [3.63, 3.8) is 0 Å². The number of hydrogen-bond donors (Lipinski definition) is 2. The lowest BCUT2D eigenvalue weighted by Gasteiger charge is -2.08. The normalized spacial score (nSPS) is 10.1.